The van der Waals surface area contributed by atoms with Gasteiger partial charge in [-0.2, -0.15) is 0 Å². The van der Waals surface area contributed by atoms with Crippen molar-refractivity contribution in [3.8, 4) is 0 Å². The molecule has 0 saturated heterocycles. The van der Waals surface area contributed by atoms with Crippen molar-refractivity contribution in [3.05, 3.63) is 83.9 Å². The van der Waals surface area contributed by atoms with Crippen molar-refractivity contribution in [2.45, 2.75) is 45.4 Å². The molecule has 0 radical (unpaired) electrons. The summed E-state index contributed by atoms with van der Waals surface area (Å²) in [6, 6.07) is 20.7. The molecule has 0 fully saturated rings. The van der Waals surface area contributed by atoms with Gasteiger partial charge in [-0.25, -0.2) is 0 Å². The zero-order valence-electron chi connectivity index (χ0n) is 15.4. The molecule has 0 saturated carbocycles. The monoisotopic (exact) mass is 334 g/mol. The summed E-state index contributed by atoms with van der Waals surface area (Å²) in [6.45, 7) is 3.04. The van der Waals surface area contributed by atoms with Crippen molar-refractivity contribution in [1.82, 2.24) is 0 Å². The predicted octanol–water partition coefficient (Wildman–Crippen LogP) is 7.12. The molecule has 0 aliphatic carbocycles. The van der Waals surface area contributed by atoms with Crippen LogP contribution in [0.25, 0.3) is 11.8 Å². The third-order valence-electron chi connectivity index (χ3n) is 4.15. The van der Waals surface area contributed by atoms with Crippen molar-refractivity contribution in [1.29, 1.82) is 0 Å². The Morgan fingerprint density at radius 1 is 0.800 bits per heavy atom. The van der Waals surface area contributed by atoms with Crippen molar-refractivity contribution in [2.75, 3.05) is 6.61 Å². The highest BCUT2D eigenvalue weighted by molar-refractivity contribution is 5.64. The maximum absolute atomic E-state index is 6.08. The lowest BCUT2D eigenvalue weighted by Gasteiger charge is -2.10. The fourth-order valence-electron chi connectivity index (χ4n) is 2.71. The van der Waals surface area contributed by atoms with E-state index in [1.165, 1.54) is 37.7 Å². The van der Waals surface area contributed by atoms with E-state index in [0.29, 0.717) is 0 Å². The zero-order chi connectivity index (χ0) is 17.6. The SMILES string of the molecule is CCCCCCCCO/C(=C/C=C/c1ccccc1)c1ccccc1. The van der Waals surface area contributed by atoms with Crippen molar-refractivity contribution >= 4 is 11.8 Å². The first kappa shape index (κ1) is 19.1. The molecule has 0 aliphatic heterocycles. The lowest BCUT2D eigenvalue weighted by molar-refractivity contribution is 0.266. The zero-order valence-corrected chi connectivity index (χ0v) is 15.4. The fraction of sp³-hybridized carbons (Fsp3) is 0.333. The molecule has 2 aromatic rings. The van der Waals surface area contributed by atoms with Gasteiger partial charge in [-0.3, -0.25) is 0 Å². The van der Waals surface area contributed by atoms with Crippen LogP contribution < -0.4 is 0 Å². The topological polar surface area (TPSA) is 9.23 Å². The van der Waals surface area contributed by atoms with Crippen molar-refractivity contribution in [2.24, 2.45) is 0 Å². The van der Waals surface area contributed by atoms with Crippen LogP contribution in [0.2, 0.25) is 0 Å². The van der Waals surface area contributed by atoms with Crippen LogP contribution in [0.4, 0.5) is 0 Å². The van der Waals surface area contributed by atoms with E-state index in [4.69, 9.17) is 4.74 Å². The highest BCUT2D eigenvalue weighted by atomic mass is 16.5. The van der Waals surface area contributed by atoms with E-state index in [0.717, 1.165) is 24.4 Å². The number of rotatable bonds is 11. The van der Waals surface area contributed by atoms with Gasteiger partial charge in [0.25, 0.3) is 0 Å². The number of allylic oxidation sites excluding steroid dienone is 2. The summed E-state index contributed by atoms with van der Waals surface area (Å²) in [5.74, 6) is 0.946. The number of hydrogen-bond donors (Lipinski definition) is 0. The average Bonchev–Trinajstić information content (AvgIpc) is 2.67. The van der Waals surface area contributed by atoms with Gasteiger partial charge in [0.1, 0.15) is 5.76 Å². The quantitative estimate of drug-likeness (QED) is 0.241. The van der Waals surface area contributed by atoms with Gasteiger partial charge in [0.2, 0.25) is 0 Å². The molecule has 0 N–H and O–H groups in total. The molecule has 0 spiro atoms. The van der Waals surface area contributed by atoms with Gasteiger partial charge in [0, 0.05) is 5.56 Å². The van der Waals surface area contributed by atoms with Crippen LogP contribution in [-0.2, 0) is 4.74 Å². The first-order valence-electron chi connectivity index (χ1n) is 9.52. The Balaban J connectivity index is 1.90. The van der Waals surface area contributed by atoms with Gasteiger partial charge in [-0.05, 0) is 18.1 Å². The van der Waals surface area contributed by atoms with Gasteiger partial charge in [0.05, 0.1) is 6.61 Å². The Morgan fingerprint density at radius 3 is 2.16 bits per heavy atom. The minimum atomic E-state index is 0.784. The molecule has 0 atom stereocenters. The third-order valence-corrected chi connectivity index (χ3v) is 4.15. The van der Waals surface area contributed by atoms with E-state index < -0.39 is 0 Å². The molecule has 0 amide bonds. The summed E-state index contributed by atoms with van der Waals surface area (Å²) in [5.41, 5.74) is 2.33. The van der Waals surface area contributed by atoms with Crippen LogP contribution in [0.5, 0.6) is 0 Å². The number of unbranched alkanes of at least 4 members (excludes halogenated alkanes) is 5. The standard InChI is InChI=1S/C24H30O/c1-2-3-4-5-6-13-21-25-24(23-18-11-8-12-19-23)20-14-17-22-15-9-7-10-16-22/h7-12,14-20H,2-6,13,21H2,1H3/b17-14+,24-20+. The first-order valence-corrected chi connectivity index (χ1v) is 9.52. The Bertz CT molecular complexity index is 626. The van der Waals surface area contributed by atoms with Crippen LogP contribution in [0.15, 0.2) is 72.8 Å². The summed E-state index contributed by atoms with van der Waals surface area (Å²) in [5, 5.41) is 0. The Kier molecular flexibility index (Phi) is 9.25. The van der Waals surface area contributed by atoms with E-state index in [1.54, 1.807) is 0 Å². The van der Waals surface area contributed by atoms with Gasteiger partial charge in [-0.1, -0.05) is 112 Å². The van der Waals surface area contributed by atoms with Crippen LogP contribution in [0.1, 0.15) is 56.6 Å². The van der Waals surface area contributed by atoms with Crippen LogP contribution >= 0.6 is 0 Å². The molecule has 0 aromatic heterocycles. The molecule has 2 aromatic carbocycles. The normalized spacial score (nSPS) is 11.8. The second kappa shape index (κ2) is 12.1. The van der Waals surface area contributed by atoms with Crippen LogP contribution in [-0.4, -0.2) is 6.61 Å². The number of benzene rings is 2. The van der Waals surface area contributed by atoms with Gasteiger partial charge in [-0.15, -0.1) is 0 Å². The highest BCUT2D eigenvalue weighted by Crippen LogP contribution is 2.17. The molecular formula is C24H30O. The molecule has 25 heavy (non-hydrogen) atoms. The minimum Gasteiger partial charge on any atom is -0.493 e. The lowest BCUT2D eigenvalue weighted by Crippen LogP contribution is -1.95. The molecule has 0 unspecified atom stereocenters. The highest BCUT2D eigenvalue weighted by Gasteiger charge is 2.01. The van der Waals surface area contributed by atoms with Gasteiger partial charge >= 0.3 is 0 Å². The van der Waals surface area contributed by atoms with Gasteiger partial charge < -0.3 is 4.74 Å². The maximum atomic E-state index is 6.08. The Labute approximate surface area is 153 Å². The number of hydrogen-bond acceptors (Lipinski definition) is 1. The molecule has 0 bridgehead atoms. The summed E-state index contributed by atoms with van der Waals surface area (Å²) < 4.78 is 6.08. The Hall–Kier alpha value is -2.28. The fourth-order valence-corrected chi connectivity index (χ4v) is 2.71. The largest absolute Gasteiger partial charge is 0.493 e. The Morgan fingerprint density at radius 2 is 1.44 bits per heavy atom. The van der Waals surface area contributed by atoms with E-state index in [-0.39, 0.29) is 0 Å². The van der Waals surface area contributed by atoms with E-state index >= 15 is 0 Å². The van der Waals surface area contributed by atoms with E-state index in [1.807, 2.05) is 12.1 Å². The summed E-state index contributed by atoms with van der Waals surface area (Å²) in [7, 11) is 0. The minimum absolute atomic E-state index is 0.784. The summed E-state index contributed by atoms with van der Waals surface area (Å²) in [6.07, 6.45) is 13.9. The summed E-state index contributed by atoms with van der Waals surface area (Å²) in [4.78, 5) is 0. The first-order chi connectivity index (χ1) is 12.4. The molecular weight excluding hydrogens is 304 g/mol. The lowest BCUT2D eigenvalue weighted by atomic mass is 10.1. The third kappa shape index (κ3) is 7.89. The van der Waals surface area contributed by atoms with Crippen LogP contribution in [0.3, 0.4) is 0 Å². The number of ether oxygens (including phenoxy) is 1. The molecule has 132 valence electrons. The smallest absolute Gasteiger partial charge is 0.126 e. The van der Waals surface area contributed by atoms with Gasteiger partial charge in [0.15, 0.2) is 0 Å². The molecule has 1 nitrogen and oxygen atoms in total. The maximum Gasteiger partial charge on any atom is 0.126 e. The van der Waals surface area contributed by atoms with Crippen molar-refractivity contribution in [3.63, 3.8) is 0 Å². The van der Waals surface area contributed by atoms with Crippen molar-refractivity contribution < 1.29 is 4.74 Å². The predicted molar refractivity (Wildman–Crippen MR) is 109 cm³/mol. The molecule has 0 aliphatic rings. The molecule has 2 rings (SSSR count). The summed E-state index contributed by atoms with van der Waals surface area (Å²) >= 11 is 0. The average molecular weight is 335 g/mol. The second-order valence-corrected chi connectivity index (χ2v) is 6.28. The second-order valence-electron chi connectivity index (χ2n) is 6.28. The van der Waals surface area contributed by atoms with Crippen LogP contribution in [0, 0.1) is 0 Å². The van der Waals surface area contributed by atoms with E-state index in [9.17, 15) is 0 Å². The van der Waals surface area contributed by atoms with E-state index in [2.05, 4.69) is 73.7 Å². The molecule has 1 heteroatoms. The molecule has 0 heterocycles.